The molecule has 0 aromatic carbocycles. The molecular weight excluding hydrogens is 230 g/mol. The molecule has 4 heteroatoms. The van der Waals surface area contributed by atoms with Crippen LogP contribution in [0.15, 0.2) is 5.38 Å². The van der Waals surface area contributed by atoms with Gasteiger partial charge in [0.25, 0.3) is 0 Å². The standard InChI is InChI=1S/C13H23N3S/c1-10-8-17-12(16-10)11(2)14-9-13(3)6-4-5-7-15-13/h8,11,14-15H,4-7,9H2,1-3H3. The number of piperidine rings is 1. The van der Waals surface area contributed by atoms with Gasteiger partial charge in [-0.25, -0.2) is 4.98 Å². The smallest absolute Gasteiger partial charge is 0.110 e. The molecule has 17 heavy (non-hydrogen) atoms. The molecule has 0 saturated carbocycles. The highest BCUT2D eigenvalue weighted by Crippen LogP contribution is 2.21. The Bertz CT molecular complexity index is 355. The molecule has 1 aromatic heterocycles. The lowest BCUT2D eigenvalue weighted by Gasteiger charge is -2.36. The Morgan fingerprint density at radius 2 is 2.41 bits per heavy atom. The van der Waals surface area contributed by atoms with Crippen LogP contribution < -0.4 is 10.6 Å². The minimum Gasteiger partial charge on any atom is -0.310 e. The summed E-state index contributed by atoms with van der Waals surface area (Å²) in [6.07, 6.45) is 3.93. The summed E-state index contributed by atoms with van der Waals surface area (Å²) < 4.78 is 0. The van der Waals surface area contributed by atoms with Gasteiger partial charge in [-0.3, -0.25) is 0 Å². The Balaban J connectivity index is 1.85. The highest BCUT2D eigenvalue weighted by atomic mass is 32.1. The summed E-state index contributed by atoms with van der Waals surface area (Å²) in [5.74, 6) is 0. The van der Waals surface area contributed by atoms with Crippen molar-refractivity contribution in [1.82, 2.24) is 15.6 Å². The maximum absolute atomic E-state index is 4.53. The van der Waals surface area contributed by atoms with E-state index in [1.807, 2.05) is 0 Å². The first kappa shape index (κ1) is 13.0. The molecule has 2 heterocycles. The number of nitrogens with one attached hydrogen (secondary N) is 2. The molecule has 3 nitrogen and oxygen atoms in total. The fraction of sp³-hybridized carbons (Fsp3) is 0.769. The van der Waals surface area contributed by atoms with Crippen molar-refractivity contribution in [2.75, 3.05) is 13.1 Å². The topological polar surface area (TPSA) is 37.0 Å². The zero-order chi connectivity index (χ0) is 12.3. The Morgan fingerprint density at radius 1 is 1.59 bits per heavy atom. The predicted molar refractivity (Wildman–Crippen MR) is 73.5 cm³/mol. The lowest BCUT2D eigenvalue weighted by Crippen LogP contribution is -2.52. The third-order valence-electron chi connectivity index (χ3n) is 3.51. The number of aryl methyl sites for hydroxylation is 1. The molecule has 2 atom stereocenters. The first-order chi connectivity index (χ1) is 8.09. The first-order valence-electron chi connectivity index (χ1n) is 6.49. The quantitative estimate of drug-likeness (QED) is 0.866. The first-order valence-corrected chi connectivity index (χ1v) is 7.37. The monoisotopic (exact) mass is 253 g/mol. The predicted octanol–water partition coefficient (Wildman–Crippen LogP) is 2.63. The second-order valence-electron chi connectivity index (χ2n) is 5.37. The van der Waals surface area contributed by atoms with Crippen molar-refractivity contribution >= 4 is 11.3 Å². The maximum Gasteiger partial charge on any atom is 0.110 e. The molecule has 1 aliphatic rings. The minimum atomic E-state index is 0.263. The van der Waals surface area contributed by atoms with Crippen LogP contribution in [-0.2, 0) is 0 Å². The molecule has 2 rings (SSSR count). The Hall–Kier alpha value is -0.450. The summed E-state index contributed by atoms with van der Waals surface area (Å²) >= 11 is 1.75. The minimum absolute atomic E-state index is 0.263. The van der Waals surface area contributed by atoms with E-state index in [0.717, 1.165) is 18.8 Å². The van der Waals surface area contributed by atoms with E-state index in [0.29, 0.717) is 6.04 Å². The molecule has 0 radical (unpaired) electrons. The highest BCUT2D eigenvalue weighted by molar-refractivity contribution is 7.09. The second-order valence-corrected chi connectivity index (χ2v) is 6.26. The van der Waals surface area contributed by atoms with E-state index in [1.165, 1.54) is 24.3 Å². The number of rotatable bonds is 4. The van der Waals surface area contributed by atoms with Crippen molar-refractivity contribution in [2.24, 2.45) is 0 Å². The van der Waals surface area contributed by atoms with Gasteiger partial charge in [0.05, 0.1) is 6.04 Å². The van der Waals surface area contributed by atoms with Crippen LogP contribution in [-0.4, -0.2) is 23.6 Å². The number of nitrogens with zero attached hydrogens (tertiary/aromatic N) is 1. The van der Waals surface area contributed by atoms with Crippen LogP contribution >= 0.6 is 11.3 Å². The summed E-state index contributed by atoms with van der Waals surface area (Å²) in [7, 11) is 0. The van der Waals surface area contributed by atoms with Crippen molar-refractivity contribution < 1.29 is 0 Å². The molecule has 0 spiro atoms. The normalized spacial score (nSPS) is 27.0. The fourth-order valence-electron chi connectivity index (χ4n) is 2.31. The van der Waals surface area contributed by atoms with Gasteiger partial charge in [0.15, 0.2) is 0 Å². The van der Waals surface area contributed by atoms with Crippen molar-refractivity contribution in [2.45, 2.75) is 51.6 Å². The molecule has 0 aliphatic carbocycles. The highest BCUT2D eigenvalue weighted by Gasteiger charge is 2.26. The molecule has 0 bridgehead atoms. The summed E-state index contributed by atoms with van der Waals surface area (Å²) in [6, 6.07) is 0.356. The third-order valence-corrected chi connectivity index (χ3v) is 4.66. The van der Waals surface area contributed by atoms with E-state index in [1.54, 1.807) is 11.3 Å². The van der Waals surface area contributed by atoms with Crippen LogP contribution in [0, 0.1) is 6.92 Å². The summed E-state index contributed by atoms with van der Waals surface area (Å²) in [4.78, 5) is 4.53. The number of aromatic nitrogens is 1. The van der Waals surface area contributed by atoms with Gasteiger partial charge in [-0.05, 0) is 40.2 Å². The zero-order valence-electron chi connectivity index (χ0n) is 11.0. The summed E-state index contributed by atoms with van der Waals surface area (Å²) in [5, 5.41) is 10.6. The lowest BCUT2D eigenvalue weighted by atomic mass is 9.91. The van der Waals surface area contributed by atoms with Crippen molar-refractivity contribution in [3.05, 3.63) is 16.1 Å². The van der Waals surface area contributed by atoms with E-state index < -0.39 is 0 Å². The Morgan fingerprint density at radius 3 is 3.00 bits per heavy atom. The van der Waals surface area contributed by atoms with Gasteiger partial charge in [0.1, 0.15) is 5.01 Å². The average molecular weight is 253 g/mol. The van der Waals surface area contributed by atoms with Gasteiger partial charge in [-0.1, -0.05) is 6.42 Å². The Kier molecular flexibility index (Phi) is 4.17. The molecule has 1 aromatic rings. The van der Waals surface area contributed by atoms with E-state index in [2.05, 4.69) is 41.8 Å². The van der Waals surface area contributed by atoms with Crippen LogP contribution in [0.1, 0.15) is 49.9 Å². The lowest BCUT2D eigenvalue weighted by molar-refractivity contribution is 0.260. The zero-order valence-corrected chi connectivity index (χ0v) is 11.9. The van der Waals surface area contributed by atoms with Gasteiger partial charge in [-0.15, -0.1) is 11.3 Å². The molecule has 2 N–H and O–H groups in total. The third kappa shape index (κ3) is 3.50. The SMILES string of the molecule is Cc1csc(C(C)NCC2(C)CCCCN2)n1. The van der Waals surface area contributed by atoms with E-state index in [4.69, 9.17) is 0 Å². The van der Waals surface area contributed by atoms with Crippen LogP contribution in [0.25, 0.3) is 0 Å². The van der Waals surface area contributed by atoms with Gasteiger partial charge < -0.3 is 10.6 Å². The molecule has 1 fully saturated rings. The summed E-state index contributed by atoms with van der Waals surface area (Å²) in [5.41, 5.74) is 1.39. The van der Waals surface area contributed by atoms with Crippen molar-refractivity contribution in [1.29, 1.82) is 0 Å². The van der Waals surface area contributed by atoms with Crippen LogP contribution in [0.2, 0.25) is 0 Å². The van der Waals surface area contributed by atoms with Gasteiger partial charge in [0.2, 0.25) is 0 Å². The van der Waals surface area contributed by atoms with Crippen molar-refractivity contribution in [3.63, 3.8) is 0 Å². The van der Waals surface area contributed by atoms with Gasteiger partial charge >= 0.3 is 0 Å². The molecule has 1 aliphatic heterocycles. The fourth-order valence-corrected chi connectivity index (χ4v) is 3.13. The average Bonchev–Trinajstić information content (AvgIpc) is 2.74. The van der Waals surface area contributed by atoms with Gasteiger partial charge in [0, 0.05) is 23.2 Å². The van der Waals surface area contributed by atoms with Gasteiger partial charge in [-0.2, -0.15) is 0 Å². The van der Waals surface area contributed by atoms with Crippen LogP contribution in [0.4, 0.5) is 0 Å². The summed E-state index contributed by atoms with van der Waals surface area (Å²) in [6.45, 7) is 8.75. The molecular formula is C13H23N3S. The molecule has 0 amide bonds. The van der Waals surface area contributed by atoms with E-state index in [9.17, 15) is 0 Å². The molecule has 1 saturated heterocycles. The maximum atomic E-state index is 4.53. The van der Waals surface area contributed by atoms with Crippen LogP contribution in [0.3, 0.4) is 0 Å². The van der Waals surface area contributed by atoms with Crippen LogP contribution in [0.5, 0.6) is 0 Å². The van der Waals surface area contributed by atoms with E-state index >= 15 is 0 Å². The van der Waals surface area contributed by atoms with Crippen molar-refractivity contribution in [3.8, 4) is 0 Å². The van der Waals surface area contributed by atoms with E-state index in [-0.39, 0.29) is 5.54 Å². The number of hydrogen-bond donors (Lipinski definition) is 2. The second kappa shape index (κ2) is 5.46. The number of thiazole rings is 1. The number of hydrogen-bond acceptors (Lipinski definition) is 4. The Labute approximate surface area is 108 Å². The molecule has 96 valence electrons. The largest absolute Gasteiger partial charge is 0.310 e. The molecule has 2 unspecified atom stereocenters.